The predicted octanol–water partition coefficient (Wildman–Crippen LogP) is 5.03. The van der Waals surface area contributed by atoms with Gasteiger partial charge in [-0.25, -0.2) is 0 Å². The van der Waals surface area contributed by atoms with Crippen molar-refractivity contribution in [2.24, 2.45) is 5.41 Å². The highest BCUT2D eigenvalue weighted by molar-refractivity contribution is 8.01. The molecule has 0 fully saturated rings. The molecular weight excluding hydrogens is 220 g/mol. The van der Waals surface area contributed by atoms with Gasteiger partial charge in [0.05, 0.1) is 0 Å². The second kappa shape index (κ2) is 4.91. The van der Waals surface area contributed by atoms with Crippen molar-refractivity contribution in [1.82, 2.24) is 0 Å². The average molecular weight is 249 g/mol. The summed E-state index contributed by atoms with van der Waals surface area (Å²) in [6, 6.07) is 0. The van der Waals surface area contributed by atoms with Crippen LogP contribution in [-0.2, 0) is 0 Å². The van der Waals surface area contributed by atoms with E-state index in [0.29, 0.717) is 10.00 Å². The molecule has 0 aromatic heterocycles. The molecule has 15 heavy (non-hydrogen) atoms. The highest BCUT2D eigenvalue weighted by Crippen LogP contribution is 2.46. The Labute approximate surface area is 106 Å². The molecule has 0 rings (SSSR count). The van der Waals surface area contributed by atoms with Gasteiger partial charge in [0.15, 0.2) is 0 Å². The Morgan fingerprint density at radius 3 is 1.67 bits per heavy atom. The molecule has 0 saturated carbocycles. The van der Waals surface area contributed by atoms with Crippen LogP contribution >= 0.6 is 24.4 Å². The first kappa shape index (κ1) is 15.7. The van der Waals surface area contributed by atoms with Crippen LogP contribution in [0.1, 0.15) is 61.8 Å². The van der Waals surface area contributed by atoms with Crippen LogP contribution in [0.2, 0.25) is 0 Å². The summed E-state index contributed by atoms with van der Waals surface area (Å²) in [5.74, 6) is 0. The first-order valence-electron chi connectivity index (χ1n) is 5.78. The van der Waals surface area contributed by atoms with Gasteiger partial charge in [-0.2, -0.15) is 24.4 Å². The minimum absolute atomic E-state index is 0.0712. The van der Waals surface area contributed by atoms with Crippen molar-refractivity contribution in [2.45, 2.75) is 76.6 Å². The molecule has 0 spiro atoms. The van der Waals surface area contributed by atoms with Crippen LogP contribution in [0.5, 0.6) is 0 Å². The summed E-state index contributed by atoms with van der Waals surface area (Å²) < 4.78 is 0.402. The molecule has 0 aliphatic carbocycles. The quantitative estimate of drug-likeness (QED) is 0.666. The van der Waals surface area contributed by atoms with Crippen LogP contribution in [0.3, 0.4) is 0 Å². The Balaban J connectivity index is 4.57. The maximum absolute atomic E-state index is 4.73. The second-order valence-electron chi connectivity index (χ2n) is 6.55. The summed E-state index contributed by atoms with van der Waals surface area (Å²) in [5, 5.41) is 0.693. The molecule has 0 saturated heterocycles. The van der Waals surface area contributed by atoms with Gasteiger partial charge < -0.3 is 0 Å². The first-order chi connectivity index (χ1) is 6.37. The summed E-state index contributed by atoms with van der Waals surface area (Å²) >= 11 is 6.79. The van der Waals surface area contributed by atoms with Crippen molar-refractivity contribution in [3.05, 3.63) is 0 Å². The van der Waals surface area contributed by atoms with Gasteiger partial charge in [-0.1, -0.05) is 55.4 Å². The van der Waals surface area contributed by atoms with E-state index in [1.165, 1.54) is 6.42 Å². The maximum atomic E-state index is 4.73. The van der Waals surface area contributed by atoms with Crippen LogP contribution in [0.4, 0.5) is 0 Å². The Bertz CT molecular complexity index is 197. The fourth-order valence-electron chi connectivity index (χ4n) is 1.96. The van der Waals surface area contributed by atoms with Gasteiger partial charge in [0, 0.05) is 9.49 Å². The van der Waals surface area contributed by atoms with Crippen LogP contribution in [0.25, 0.3) is 0 Å². The number of rotatable bonds is 5. The lowest BCUT2D eigenvalue weighted by Crippen LogP contribution is -2.39. The van der Waals surface area contributed by atoms with E-state index in [4.69, 9.17) is 12.6 Å². The van der Waals surface area contributed by atoms with Crippen LogP contribution in [0, 0.1) is 5.41 Å². The molecule has 0 atom stereocenters. The topological polar surface area (TPSA) is 0 Å². The zero-order chi connectivity index (χ0) is 12.5. The highest BCUT2D eigenvalue weighted by atomic mass is 32.2. The molecule has 92 valence electrons. The third kappa shape index (κ3) is 5.53. The first-order valence-corrected chi connectivity index (χ1v) is 7.10. The molecule has 0 unspecified atom stereocenters. The molecule has 0 amide bonds. The summed E-state index contributed by atoms with van der Waals surface area (Å²) in [4.78, 5) is 0. The maximum Gasteiger partial charge on any atom is 0.0125 e. The third-order valence-electron chi connectivity index (χ3n) is 3.08. The van der Waals surface area contributed by atoms with Gasteiger partial charge in [0.2, 0.25) is 0 Å². The van der Waals surface area contributed by atoms with E-state index in [9.17, 15) is 0 Å². The Hall–Kier alpha value is 0.700. The lowest BCUT2D eigenvalue weighted by molar-refractivity contribution is 0.240. The van der Waals surface area contributed by atoms with E-state index in [1.807, 2.05) is 0 Å². The minimum Gasteiger partial charge on any atom is -0.173 e. The summed E-state index contributed by atoms with van der Waals surface area (Å²) in [6.45, 7) is 18.3. The molecular formula is C13H28S2. The minimum atomic E-state index is 0.0712. The average Bonchev–Trinajstić information content (AvgIpc) is 1.75. The van der Waals surface area contributed by atoms with Crippen molar-refractivity contribution in [3.8, 4) is 0 Å². The van der Waals surface area contributed by atoms with E-state index in [0.717, 1.165) is 0 Å². The SMILES string of the molecule is CC(C)SC(C)(C)CC(C)(C)C(C)(C)S. The van der Waals surface area contributed by atoms with Crippen LogP contribution < -0.4 is 0 Å². The van der Waals surface area contributed by atoms with Crippen molar-refractivity contribution in [3.63, 3.8) is 0 Å². The Morgan fingerprint density at radius 2 is 1.40 bits per heavy atom. The molecule has 0 bridgehead atoms. The smallest absolute Gasteiger partial charge is 0.0125 e. The molecule has 0 nitrogen and oxygen atoms in total. The van der Waals surface area contributed by atoms with E-state index >= 15 is 0 Å². The normalized spacial score (nSPS) is 14.8. The number of hydrogen-bond donors (Lipinski definition) is 1. The summed E-state index contributed by atoms with van der Waals surface area (Å²) in [7, 11) is 0. The van der Waals surface area contributed by atoms with Crippen LogP contribution in [0.15, 0.2) is 0 Å². The third-order valence-corrected chi connectivity index (χ3v) is 4.94. The molecule has 0 heterocycles. The number of thioether (sulfide) groups is 1. The Kier molecular flexibility index (Phi) is 5.14. The largest absolute Gasteiger partial charge is 0.173 e. The van der Waals surface area contributed by atoms with Gasteiger partial charge in [-0.15, -0.1) is 0 Å². The fraction of sp³-hybridized carbons (Fsp3) is 1.00. The Morgan fingerprint density at radius 1 is 1.00 bits per heavy atom. The molecule has 0 aromatic rings. The summed E-state index contributed by atoms with van der Waals surface area (Å²) in [5.41, 5.74) is 0.251. The molecule has 2 heteroatoms. The monoisotopic (exact) mass is 248 g/mol. The number of hydrogen-bond acceptors (Lipinski definition) is 2. The second-order valence-corrected chi connectivity index (χ2v) is 9.95. The molecule has 0 N–H and O–H groups in total. The zero-order valence-corrected chi connectivity index (χ0v) is 13.4. The lowest BCUT2D eigenvalue weighted by Gasteiger charge is -2.43. The fourth-order valence-corrected chi connectivity index (χ4v) is 3.76. The van der Waals surface area contributed by atoms with Gasteiger partial charge in [-0.05, 0) is 17.1 Å². The van der Waals surface area contributed by atoms with Gasteiger partial charge >= 0.3 is 0 Å². The van der Waals surface area contributed by atoms with Crippen molar-refractivity contribution >= 4 is 24.4 Å². The standard InChI is InChI=1S/C13H28S2/c1-10(2)15-12(5,6)9-11(3,4)13(7,8)14/h10,14H,9H2,1-8H3. The van der Waals surface area contributed by atoms with E-state index < -0.39 is 0 Å². The zero-order valence-electron chi connectivity index (χ0n) is 11.6. The van der Waals surface area contributed by atoms with E-state index in [-0.39, 0.29) is 10.2 Å². The van der Waals surface area contributed by atoms with E-state index in [1.54, 1.807) is 0 Å². The molecule has 0 radical (unpaired) electrons. The van der Waals surface area contributed by atoms with Crippen LogP contribution in [-0.4, -0.2) is 14.7 Å². The highest BCUT2D eigenvalue weighted by Gasteiger charge is 2.38. The molecule has 0 aliphatic rings. The van der Waals surface area contributed by atoms with Gasteiger partial charge in [0.25, 0.3) is 0 Å². The molecule has 0 aliphatic heterocycles. The summed E-state index contributed by atoms with van der Waals surface area (Å²) in [6.07, 6.45) is 1.19. The lowest BCUT2D eigenvalue weighted by atomic mass is 9.74. The van der Waals surface area contributed by atoms with E-state index in [2.05, 4.69) is 67.2 Å². The number of thiol groups is 1. The van der Waals surface area contributed by atoms with Crippen molar-refractivity contribution in [2.75, 3.05) is 0 Å². The van der Waals surface area contributed by atoms with Gasteiger partial charge in [-0.3, -0.25) is 0 Å². The molecule has 0 aromatic carbocycles. The predicted molar refractivity (Wildman–Crippen MR) is 78.3 cm³/mol. The van der Waals surface area contributed by atoms with Crippen molar-refractivity contribution < 1.29 is 0 Å². The van der Waals surface area contributed by atoms with Crippen molar-refractivity contribution in [1.29, 1.82) is 0 Å². The van der Waals surface area contributed by atoms with Gasteiger partial charge in [0.1, 0.15) is 0 Å².